The topological polar surface area (TPSA) is 36.9 Å². The van der Waals surface area contributed by atoms with Crippen LogP contribution in [-0.4, -0.2) is 36.6 Å². The van der Waals surface area contributed by atoms with Crippen LogP contribution in [0.4, 0.5) is 0 Å². The Kier molecular flexibility index (Phi) is 11.5. The van der Waals surface area contributed by atoms with E-state index in [9.17, 15) is 0 Å². The van der Waals surface area contributed by atoms with Gasteiger partial charge in [-0.2, -0.15) is 0 Å². The first-order chi connectivity index (χ1) is 21.7. The molecule has 8 heteroatoms. The number of hydrogen-bond donors (Lipinski definition) is 0. The minimum absolute atomic E-state index is 0.329. The summed E-state index contributed by atoms with van der Waals surface area (Å²) in [6, 6.07) is 4.85. The zero-order valence-electron chi connectivity index (χ0n) is 30.7. The molecule has 4 nitrogen and oxygen atoms in total. The third-order valence-electron chi connectivity index (χ3n) is 11.2. The van der Waals surface area contributed by atoms with E-state index in [1.165, 1.54) is 118 Å². The van der Waals surface area contributed by atoms with Crippen molar-refractivity contribution in [1.82, 2.24) is 0 Å². The van der Waals surface area contributed by atoms with Gasteiger partial charge in [0.1, 0.15) is 0 Å². The largest absolute Gasteiger partial charge is 0.505 e. The van der Waals surface area contributed by atoms with Gasteiger partial charge in [0, 0.05) is 19.0 Å². The molecule has 4 heterocycles. The van der Waals surface area contributed by atoms with E-state index in [2.05, 4.69) is 81.4 Å². The van der Waals surface area contributed by atoms with Crippen molar-refractivity contribution >= 4 is 66.6 Å². The molecule has 0 bridgehead atoms. The summed E-state index contributed by atoms with van der Waals surface area (Å²) in [6.45, 7) is 21.8. The Morgan fingerprint density at radius 3 is 1.11 bits per heavy atom. The molecule has 2 aliphatic rings. The van der Waals surface area contributed by atoms with Crippen molar-refractivity contribution in [2.24, 2.45) is 0 Å². The first-order valence-corrected chi connectivity index (χ1v) is 20.1. The van der Waals surface area contributed by atoms with Gasteiger partial charge < -0.3 is 18.6 Å². The lowest BCUT2D eigenvalue weighted by atomic mass is 9.85. The molecule has 2 saturated heterocycles. The Labute approximate surface area is 289 Å². The smallest absolute Gasteiger partial charge is 0.399 e. The maximum absolute atomic E-state index is 6.59. The Morgan fingerprint density at radius 1 is 0.478 bits per heavy atom. The van der Waals surface area contributed by atoms with E-state index < -0.39 is 0 Å². The van der Waals surface area contributed by atoms with Crippen LogP contribution < -0.4 is 9.55 Å². The van der Waals surface area contributed by atoms with Gasteiger partial charge in [-0.15, -0.1) is 22.7 Å². The van der Waals surface area contributed by atoms with E-state index in [0.29, 0.717) is 0 Å². The fraction of sp³-hybridized carbons (Fsp3) is 0.737. The van der Waals surface area contributed by atoms with Gasteiger partial charge in [0.2, 0.25) is 0 Å². The normalized spacial score (nSPS) is 20.1. The van der Waals surface area contributed by atoms with Crippen LogP contribution >= 0.6 is 22.7 Å². The molecule has 0 unspecified atom stereocenters. The molecule has 0 radical (unpaired) electrons. The van der Waals surface area contributed by atoms with E-state index in [-0.39, 0.29) is 36.6 Å². The fourth-order valence-corrected chi connectivity index (χ4v) is 9.24. The van der Waals surface area contributed by atoms with Crippen molar-refractivity contribution < 1.29 is 18.6 Å². The average molecular weight is 667 g/mol. The molecular weight excluding hydrogens is 606 g/mol. The summed E-state index contributed by atoms with van der Waals surface area (Å²) < 4.78 is 31.6. The van der Waals surface area contributed by atoms with Crippen LogP contribution in [0.2, 0.25) is 0 Å². The average Bonchev–Trinajstić information content (AvgIpc) is 3.70. The van der Waals surface area contributed by atoms with E-state index >= 15 is 0 Å². The quantitative estimate of drug-likeness (QED) is 0.113. The van der Waals surface area contributed by atoms with Gasteiger partial charge in [-0.1, -0.05) is 78.1 Å². The number of thiophene rings is 2. The van der Waals surface area contributed by atoms with Crippen molar-refractivity contribution in [3.05, 3.63) is 23.3 Å². The standard InChI is InChI=1S/C38H60B2O4S2/c1-11-13-15-17-19-21-23-27-29-25-31(39-41-35(3,4)36(5,6)42-39)46-34(29)28(24-22-20-18-16-14-12-2)30-26-32(45-33(27)30)40-43-37(7,8)38(9,10)44-40/h25-26H,11-24H2,1-10H3. The number of aryl methyl sites for hydroxylation is 2. The second kappa shape index (κ2) is 14.5. The minimum atomic E-state index is -0.353. The molecule has 2 fully saturated rings. The SMILES string of the molecule is CCCCCCCCc1c2cc(B3OC(C)(C)C(C)(C)O3)sc2c(CCCCCCCC)c2cc(B3OC(C)(C)C(C)(C)O3)sc12. The lowest BCUT2D eigenvalue weighted by Crippen LogP contribution is -2.41. The van der Waals surface area contributed by atoms with Gasteiger partial charge >= 0.3 is 14.2 Å². The Hall–Kier alpha value is -0.890. The molecule has 254 valence electrons. The first-order valence-electron chi connectivity index (χ1n) is 18.4. The van der Waals surface area contributed by atoms with Gasteiger partial charge in [-0.05, 0) is 115 Å². The summed E-state index contributed by atoms with van der Waals surface area (Å²) in [6.07, 6.45) is 17.8. The van der Waals surface area contributed by atoms with E-state index in [4.69, 9.17) is 18.6 Å². The Morgan fingerprint density at radius 2 is 0.783 bits per heavy atom. The molecule has 46 heavy (non-hydrogen) atoms. The highest BCUT2D eigenvalue weighted by Crippen LogP contribution is 2.43. The number of benzene rings is 1. The van der Waals surface area contributed by atoms with Gasteiger partial charge in [0.05, 0.1) is 22.4 Å². The second-order valence-electron chi connectivity index (χ2n) is 16.0. The first kappa shape index (κ1) is 36.4. The van der Waals surface area contributed by atoms with Crippen LogP contribution in [0.15, 0.2) is 12.1 Å². The van der Waals surface area contributed by atoms with Crippen molar-refractivity contribution in [1.29, 1.82) is 0 Å². The predicted molar refractivity (Wildman–Crippen MR) is 203 cm³/mol. The molecule has 0 saturated carbocycles. The molecule has 1 aromatic carbocycles. The zero-order chi connectivity index (χ0) is 33.3. The maximum atomic E-state index is 6.59. The van der Waals surface area contributed by atoms with Crippen LogP contribution in [0.5, 0.6) is 0 Å². The zero-order valence-corrected chi connectivity index (χ0v) is 32.3. The summed E-state index contributed by atoms with van der Waals surface area (Å²) >= 11 is 3.81. The number of hydrogen-bond acceptors (Lipinski definition) is 6. The lowest BCUT2D eigenvalue weighted by Gasteiger charge is -2.32. The summed E-state index contributed by atoms with van der Waals surface area (Å²) in [5.74, 6) is 0. The molecule has 0 aliphatic carbocycles. The Bertz CT molecular complexity index is 1280. The minimum Gasteiger partial charge on any atom is -0.399 e. The van der Waals surface area contributed by atoms with Crippen LogP contribution in [-0.2, 0) is 31.5 Å². The van der Waals surface area contributed by atoms with Crippen molar-refractivity contribution in [3.63, 3.8) is 0 Å². The third kappa shape index (κ3) is 7.48. The highest BCUT2D eigenvalue weighted by molar-refractivity contribution is 7.30. The monoisotopic (exact) mass is 666 g/mol. The van der Waals surface area contributed by atoms with Crippen LogP contribution in [0.1, 0.15) is 157 Å². The lowest BCUT2D eigenvalue weighted by molar-refractivity contribution is 0.00578. The van der Waals surface area contributed by atoms with Crippen LogP contribution in [0.3, 0.4) is 0 Å². The number of rotatable bonds is 16. The van der Waals surface area contributed by atoms with Crippen LogP contribution in [0.25, 0.3) is 20.2 Å². The summed E-state index contributed by atoms with van der Waals surface area (Å²) in [4.78, 5) is 0. The highest BCUT2D eigenvalue weighted by Gasteiger charge is 2.53. The predicted octanol–water partition coefficient (Wildman–Crippen LogP) is 10.5. The van der Waals surface area contributed by atoms with Gasteiger partial charge in [-0.3, -0.25) is 0 Å². The molecule has 0 amide bonds. The summed E-state index contributed by atoms with van der Waals surface area (Å²) in [5.41, 5.74) is 1.59. The van der Waals surface area contributed by atoms with Crippen LogP contribution in [0, 0.1) is 0 Å². The van der Waals surface area contributed by atoms with E-state index in [0.717, 1.165) is 12.8 Å². The van der Waals surface area contributed by atoms with Gasteiger partial charge in [0.25, 0.3) is 0 Å². The molecule has 5 rings (SSSR count). The van der Waals surface area contributed by atoms with Gasteiger partial charge in [0.15, 0.2) is 0 Å². The van der Waals surface area contributed by atoms with E-state index in [1.807, 2.05) is 22.7 Å². The second-order valence-corrected chi connectivity index (χ2v) is 18.1. The molecule has 2 aliphatic heterocycles. The van der Waals surface area contributed by atoms with Crippen molar-refractivity contribution in [2.45, 2.75) is 182 Å². The fourth-order valence-electron chi connectivity index (χ4n) is 6.77. The van der Waals surface area contributed by atoms with E-state index in [1.54, 1.807) is 0 Å². The summed E-state index contributed by atoms with van der Waals surface area (Å²) in [5, 5.41) is 2.83. The number of fused-ring (bicyclic) bond motifs is 2. The summed E-state index contributed by atoms with van der Waals surface area (Å²) in [7, 11) is -0.658. The third-order valence-corrected chi connectivity index (χ3v) is 13.7. The van der Waals surface area contributed by atoms with Crippen molar-refractivity contribution in [2.75, 3.05) is 0 Å². The Balaban J connectivity index is 1.57. The molecule has 3 aromatic rings. The number of unbranched alkanes of at least 4 members (excludes halogenated alkanes) is 10. The molecule has 0 N–H and O–H groups in total. The molecular formula is C38H60B2O4S2. The highest BCUT2D eigenvalue weighted by atomic mass is 32.1. The van der Waals surface area contributed by atoms with Crippen molar-refractivity contribution in [3.8, 4) is 0 Å². The van der Waals surface area contributed by atoms with Gasteiger partial charge in [-0.25, -0.2) is 0 Å². The maximum Gasteiger partial charge on any atom is 0.505 e. The molecule has 2 aromatic heterocycles. The molecule has 0 spiro atoms. The molecule has 0 atom stereocenters.